The van der Waals surface area contributed by atoms with Gasteiger partial charge in [0.1, 0.15) is 0 Å². The highest BCUT2D eigenvalue weighted by molar-refractivity contribution is 4.99. The van der Waals surface area contributed by atoms with Gasteiger partial charge in [-0.3, -0.25) is 0 Å². The van der Waals surface area contributed by atoms with E-state index in [2.05, 4.69) is 4.90 Å². The molecule has 4 bridgehead atoms. The molecule has 5 fully saturated rings. The average Bonchev–Trinajstić information content (AvgIpc) is 2.80. The summed E-state index contributed by atoms with van der Waals surface area (Å²) >= 11 is 0. The topological polar surface area (TPSA) is 29.3 Å². The molecular weight excluding hydrogens is 220 g/mol. The van der Waals surface area contributed by atoms with Crippen molar-refractivity contribution in [2.45, 2.75) is 38.5 Å². The summed E-state index contributed by atoms with van der Waals surface area (Å²) in [5.41, 5.74) is 5.82. The molecule has 5 rings (SSSR count). The Morgan fingerprint density at radius 1 is 0.944 bits per heavy atom. The number of nitrogens with two attached hydrogens (primary N) is 1. The second-order valence-corrected chi connectivity index (χ2v) is 7.74. The molecule has 1 saturated heterocycles. The molecule has 1 aliphatic heterocycles. The molecule has 0 aromatic carbocycles. The maximum Gasteiger partial charge on any atom is 0.00223 e. The maximum atomic E-state index is 5.82. The molecule has 1 atom stereocenters. The van der Waals surface area contributed by atoms with Crippen LogP contribution in [0.2, 0.25) is 0 Å². The van der Waals surface area contributed by atoms with Gasteiger partial charge in [0.15, 0.2) is 0 Å². The van der Waals surface area contributed by atoms with Crippen LogP contribution in [0.25, 0.3) is 0 Å². The van der Waals surface area contributed by atoms with Gasteiger partial charge in [0.05, 0.1) is 0 Å². The first-order valence-corrected chi connectivity index (χ1v) is 8.24. The first-order chi connectivity index (χ1) is 8.81. The van der Waals surface area contributed by atoms with E-state index >= 15 is 0 Å². The molecule has 1 unspecified atom stereocenters. The zero-order valence-corrected chi connectivity index (χ0v) is 11.6. The van der Waals surface area contributed by atoms with Crippen molar-refractivity contribution in [3.05, 3.63) is 0 Å². The lowest BCUT2D eigenvalue weighted by Crippen LogP contribution is -2.48. The van der Waals surface area contributed by atoms with Gasteiger partial charge in [-0.1, -0.05) is 0 Å². The summed E-state index contributed by atoms with van der Waals surface area (Å²) in [7, 11) is 0. The Kier molecular flexibility index (Phi) is 2.92. The predicted octanol–water partition coefficient (Wildman–Crippen LogP) is 2.34. The first-order valence-electron chi connectivity index (χ1n) is 8.24. The van der Waals surface area contributed by atoms with Gasteiger partial charge in [0.2, 0.25) is 0 Å². The van der Waals surface area contributed by atoms with E-state index in [4.69, 9.17) is 5.73 Å². The molecule has 0 spiro atoms. The third-order valence-corrected chi connectivity index (χ3v) is 6.59. The van der Waals surface area contributed by atoms with Crippen molar-refractivity contribution in [1.82, 2.24) is 4.90 Å². The zero-order chi connectivity index (χ0) is 12.1. The Morgan fingerprint density at radius 2 is 1.61 bits per heavy atom. The van der Waals surface area contributed by atoms with Crippen LogP contribution >= 0.6 is 0 Å². The largest absolute Gasteiger partial charge is 0.330 e. The molecule has 1 heterocycles. The highest BCUT2D eigenvalue weighted by Gasteiger charge is 2.48. The molecule has 2 nitrogen and oxygen atoms in total. The van der Waals surface area contributed by atoms with E-state index < -0.39 is 0 Å². The van der Waals surface area contributed by atoms with Crippen LogP contribution < -0.4 is 5.73 Å². The fraction of sp³-hybridized carbons (Fsp3) is 1.00. The van der Waals surface area contributed by atoms with Crippen molar-refractivity contribution in [3.8, 4) is 0 Å². The third kappa shape index (κ3) is 1.92. The predicted molar refractivity (Wildman–Crippen MR) is 74.1 cm³/mol. The lowest BCUT2D eigenvalue weighted by molar-refractivity contribution is -0.0471. The molecule has 102 valence electrons. The van der Waals surface area contributed by atoms with Gasteiger partial charge in [-0.05, 0) is 87.1 Å². The van der Waals surface area contributed by atoms with Crippen molar-refractivity contribution >= 4 is 0 Å². The van der Waals surface area contributed by atoms with Gasteiger partial charge >= 0.3 is 0 Å². The van der Waals surface area contributed by atoms with Gasteiger partial charge in [0.25, 0.3) is 0 Å². The van der Waals surface area contributed by atoms with Gasteiger partial charge in [-0.15, -0.1) is 0 Å². The molecular formula is C16H28N2. The molecule has 0 aromatic heterocycles. The summed E-state index contributed by atoms with van der Waals surface area (Å²) in [5, 5.41) is 0. The second-order valence-electron chi connectivity index (χ2n) is 7.74. The number of rotatable bonds is 3. The van der Waals surface area contributed by atoms with Crippen LogP contribution in [0.1, 0.15) is 38.5 Å². The molecule has 2 heteroatoms. The first kappa shape index (κ1) is 11.7. The van der Waals surface area contributed by atoms with Crippen LogP contribution in [0, 0.1) is 35.5 Å². The number of nitrogens with zero attached hydrogens (tertiary/aromatic N) is 1. The number of hydrogen-bond donors (Lipinski definition) is 1. The highest BCUT2D eigenvalue weighted by atomic mass is 15.1. The fourth-order valence-electron chi connectivity index (χ4n) is 5.91. The molecule has 0 radical (unpaired) electrons. The molecule has 0 aromatic rings. The Bertz CT molecular complexity index is 286. The Balaban J connectivity index is 1.40. The molecule has 4 saturated carbocycles. The van der Waals surface area contributed by atoms with Crippen molar-refractivity contribution in [3.63, 3.8) is 0 Å². The summed E-state index contributed by atoms with van der Waals surface area (Å²) in [4.78, 5) is 2.74. The van der Waals surface area contributed by atoms with E-state index in [1.165, 1.54) is 26.1 Å². The summed E-state index contributed by atoms with van der Waals surface area (Å²) in [6.45, 7) is 4.92. The smallest absolute Gasteiger partial charge is 0.00223 e. The third-order valence-electron chi connectivity index (χ3n) is 6.59. The summed E-state index contributed by atoms with van der Waals surface area (Å²) < 4.78 is 0. The van der Waals surface area contributed by atoms with E-state index in [0.29, 0.717) is 0 Å². The van der Waals surface area contributed by atoms with Gasteiger partial charge < -0.3 is 10.6 Å². The van der Waals surface area contributed by atoms with E-state index in [9.17, 15) is 0 Å². The normalized spacial score (nSPS) is 51.2. The molecule has 4 aliphatic carbocycles. The summed E-state index contributed by atoms with van der Waals surface area (Å²) in [6.07, 6.45) is 9.23. The van der Waals surface area contributed by atoms with Crippen molar-refractivity contribution in [1.29, 1.82) is 0 Å². The zero-order valence-electron chi connectivity index (χ0n) is 11.6. The van der Waals surface area contributed by atoms with Crippen LogP contribution in [0.3, 0.4) is 0 Å². The minimum Gasteiger partial charge on any atom is -0.330 e. The Hall–Kier alpha value is -0.0800. The van der Waals surface area contributed by atoms with E-state index in [-0.39, 0.29) is 0 Å². The van der Waals surface area contributed by atoms with Crippen molar-refractivity contribution < 1.29 is 0 Å². The van der Waals surface area contributed by atoms with Gasteiger partial charge in [0, 0.05) is 13.1 Å². The molecule has 5 aliphatic rings. The monoisotopic (exact) mass is 248 g/mol. The van der Waals surface area contributed by atoms with Gasteiger partial charge in [-0.25, -0.2) is 0 Å². The standard InChI is InChI=1S/C16H28N2/c17-8-11-1-2-18(9-11)10-16-14-4-12-3-13(6-14)7-15(16)5-12/h11-16H,1-10,17H2. The summed E-state index contributed by atoms with van der Waals surface area (Å²) in [5.74, 6) is 6.28. The maximum absolute atomic E-state index is 5.82. The molecule has 18 heavy (non-hydrogen) atoms. The summed E-state index contributed by atoms with van der Waals surface area (Å²) in [6, 6.07) is 0. The van der Waals surface area contributed by atoms with Crippen LogP contribution in [-0.2, 0) is 0 Å². The number of likely N-dealkylation sites (tertiary alicyclic amines) is 1. The second kappa shape index (κ2) is 4.49. The van der Waals surface area contributed by atoms with Crippen molar-refractivity contribution in [2.24, 2.45) is 41.2 Å². The Morgan fingerprint density at radius 3 is 2.17 bits per heavy atom. The van der Waals surface area contributed by atoms with Crippen molar-refractivity contribution in [2.75, 3.05) is 26.2 Å². The number of hydrogen-bond acceptors (Lipinski definition) is 2. The molecule has 0 amide bonds. The Labute approximate surface area is 111 Å². The SMILES string of the molecule is NCC1CCN(CC2C3CC4CC(C3)CC2C4)C1. The minimum atomic E-state index is 0.793. The lowest BCUT2D eigenvalue weighted by Gasteiger charge is -2.55. The van der Waals surface area contributed by atoms with E-state index in [1.807, 2.05) is 0 Å². The fourth-order valence-corrected chi connectivity index (χ4v) is 5.91. The highest BCUT2D eigenvalue weighted by Crippen LogP contribution is 2.56. The van der Waals surface area contributed by atoms with Crippen LogP contribution in [0.4, 0.5) is 0 Å². The van der Waals surface area contributed by atoms with Crippen LogP contribution in [0.15, 0.2) is 0 Å². The quantitative estimate of drug-likeness (QED) is 0.830. The van der Waals surface area contributed by atoms with E-state index in [1.54, 1.807) is 32.1 Å². The molecule has 2 N–H and O–H groups in total. The van der Waals surface area contributed by atoms with Crippen LogP contribution in [0.5, 0.6) is 0 Å². The minimum absolute atomic E-state index is 0.793. The lowest BCUT2D eigenvalue weighted by atomic mass is 9.52. The van der Waals surface area contributed by atoms with Crippen LogP contribution in [-0.4, -0.2) is 31.1 Å². The average molecular weight is 248 g/mol. The van der Waals surface area contributed by atoms with Gasteiger partial charge in [-0.2, -0.15) is 0 Å². The van der Waals surface area contributed by atoms with E-state index in [0.717, 1.165) is 42.1 Å².